The Hall–Kier alpha value is -3.13. The predicted molar refractivity (Wildman–Crippen MR) is 150 cm³/mol. The molecule has 36 heavy (non-hydrogen) atoms. The quantitative estimate of drug-likeness (QED) is 0.415. The van der Waals surface area contributed by atoms with Crippen molar-refractivity contribution < 1.29 is 4.42 Å². The number of hydrogen-bond donors (Lipinski definition) is 2. The first-order valence-electron chi connectivity index (χ1n) is 13.1. The van der Waals surface area contributed by atoms with Crippen molar-refractivity contribution in [3.8, 4) is 11.3 Å². The number of hydrogen-bond acceptors (Lipinski definition) is 6. The fraction of sp³-hybridized carbons (Fsp3) is 0.464. The van der Waals surface area contributed by atoms with Gasteiger partial charge in [-0.25, -0.2) is 0 Å². The Balaban J connectivity index is 1.27. The maximum atomic E-state index is 5.99. The molecule has 0 saturated carbocycles. The molecule has 1 aromatic carbocycles. The second-order valence-corrected chi connectivity index (χ2v) is 10.6. The van der Waals surface area contributed by atoms with Crippen LogP contribution in [0.4, 0.5) is 17.6 Å². The average molecular weight is 505 g/mol. The van der Waals surface area contributed by atoms with Crippen molar-refractivity contribution in [2.24, 2.45) is 11.8 Å². The van der Waals surface area contributed by atoms with Crippen LogP contribution in [0, 0.1) is 11.8 Å². The lowest BCUT2D eigenvalue weighted by molar-refractivity contribution is 0.435. The van der Waals surface area contributed by atoms with E-state index in [2.05, 4.69) is 40.3 Å². The highest BCUT2D eigenvalue weighted by Crippen LogP contribution is 2.28. The molecule has 4 heterocycles. The van der Waals surface area contributed by atoms with E-state index in [1.54, 1.807) is 0 Å². The van der Waals surface area contributed by atoms with Crippen molar-refractivity contribution in [2.75, 3.05) is 41.3 Å². The zero-order chi connectivity index (χ0) is 24.9. The molecule has 190 valence electrons. The minimum Gasteiger partial charge on any atom is -0.459 e. The van der Waals surface area contributed by atoms with E-state index in [-0.39, 0.29) is 0 Å². The summed E-state index contributed by atoms with van der Waals surface area (Å²) >= 11 is 5.60. The van der Waals surface area contributed by atoms with E-state index >= 15 is 0 Å². The van der Waals surface area contributed by atoms with Crippen LogP contribution in [-0.4, -0.2) is 41.3 Å². The highest BCUT2D eigenvalue weighted by Gasteiger charge is 2.22. The largest absolute Gasteiger partial charge is 0.459 e. The zero-order valence-corrected chi connectivity index (χ0v) is 22.1. The Bertz CT molecular complexity index is 1160. The molecule has 2 N–H and O–H groups in total. The molecule has 0 spiro atoms. The molecule has 1 unspecified atom stereocenters. The summed E-state index contributed by atoms with van der Waals surface area (Å²) in [6, 6.07) is 16.2. The van der Waals surface area contributed by atoms with Crippen LogP contribution >= 0.6 is 12.2 Å². The highest BCUT2D eigenvalue weighted by molar-refractivity contribution is 7.80. The van der Waals surface area contributed by atoms with Gasteiger partial charge in [0.25, 0.3) is 0 Å². The minimum atomic E-state index is 0.482. The Labute approximate surface area is 219 Å². The SMILES string of the molecule is CC1CCN(c2cc(N3CCCC(C)C3)nc(NC(=S)NCc3ccc(-c4ccccc4)o3)n2)CC1. The summed E-state index contributed by atoms with van der Waals surface area (Å²) in [6.45, 7) is 9.24. The van der Waals surface area contributed by atoms with E-state index in [4.69, 9.17) is 26.6 Å². The van der Waals surface area contributed by atoms with Crippen molar-refractivity contribution in [1.29, 1.82) is 0 Å². The second kappa shape index (κ2) is 11.3. The number of nitrogens with one attached hydrogen (secondary N) is 2. The maximum Gasteiger partial charge on any atom is 0.232 e. The van der Waals surface area contributed by atoms with Crippen molar-refractivity contribution in [3.63, 3.8) is 0 Å². The lowest BCUT2D eigenvalue weighted by atomic mass is 9.99. The fourth-order valence-electron chi connectivity index (χ4n) is 4.98. The lowest BCUT2D eigenvalue weighted by Gasteiger charge is -2.34. The van der Waals surface area contributed by atoms with Crippen LogP contribution in [0.25, 0.3) is 11.3 Å². The van der Waals surface area contributed by atoms with Gasteiger partial charge in [0.2, 0.25) is 5.95 Å². The third-order valence-corrected chi connectivity index (χ3v) is 7.40. The smallest absolute Gasteiger partial charge is 0.232 e. The molecule has 7 nitrogen and oxygen atoms in total. The standard InChI is InChI=1S/C28H36N6OS/c1-20-12-15-33(16-13-20)25-17-26(34-14-6-7-21(2)19-34)31-27(30-25)32-28(36)29-18-23-10-11-24(35-23)22-8-4-3-5-9-22/h3-5,8-11,17,20-21H,6-7,12-16,18-19H2,1-2H3,(H2,29,30,31,32,36). The van der Waals surface area contributed by atoms with Gasteiger partial charge >= 0.3 is 0 Å². The number of furan rings is 1. The van der Waals surface area contributed by atoms with Gasteiger partial charge in [0, 0.05) is 37.8 Å². The maximum absolute atomic E-state index is 5.99. The van der Waals surface area contributed by atoms with Gasteiger partial charge in [-0.1, -0.05) is 44.2 Å². The van der Waals surface area contributed by atoms with Crippen molar-refractivity contribution in [3.05, 3.63) is 54.3 Å². The van der Waals surface area contributed by atoms with Gasteiger partial charge in [-0.2, -0.15) is 9.97 Å². The molecule has 2 aromatic heterocycles. The van der Waals surface area contributed by atoms with Crippen LogP contribution in [0.3, 0.4) is 0 Å². The lowest BCUT2D eigenvalue weighted by Crippen LogP contribution is -2.37. The first kappa shape index (κ1) is 24.6. The van der Waals surface area contributed by atoms with Gasteiger partial charge in [0.15, 0.2) is 5.11 Å². The summed E-state index contributed by atoms with van der Waals surface area (Å²) in [4.78, 5) is 14.5. The third-order valence-electron chi connectivity index (χ3n) is 7.16. The summed E-state index contributed by atoms with van der Waals surface area (Å²) in [5, 5.41) is 6.96. The van der Waals surface area contributed by atoms with E-state index in [0.29, 0.717) is 23.5 Å². The van der Waals surface area contributed by atoms with Crippen LogP contribution in [0.5, 0.6) is 0 Å². The fourth-order valence-corrected chi connectivity index (χ4v) is 5.14. The molecule has 8 heteroatoms. The van der Waals surface area contributed by atoms with Crippen LogP contribution in [-0.2, 0) is 6.54 Å². The summed E-state index contributed by atoms with van der Waals surface area (Å²) < 4.78 is 5.99. The number of benzene rings is 1. The number of thiocarbonyl (C=S) groups is 1. The van der Waals surface area contributed by atoms with Crippen molar-refractivity contribution >= 4 is 34.9 Å². The van der Waals surface area contributed by atoms with Gasteiger partial charge in [-0.05, 0) is 61.9 Å². The number of anilines is 3. The zero-order valence-electron chi connectivity index (χ0n) is 21.2. The first-order valence-corrected chi connectivity index (χ1v) is 13.5. The van der Waals surface area contributed by atoms with Crippen molar-refractivity contribution in [1.82, 2.24) is 15.3 Å². The molecule has 2 aliphatic heterocycles. The van der Waals surface area contributed by atoms with Gasteiger partial charge < -0.3 is 24.9 Å². The number of piperidine rings is 2. The van der Waals surface area contributed by atoms with Gasteiger partial charge in [0.05, 0.1) is 6.54 Å². The van der Waals surface area contributed by atoms with E-state index in [9.17, 15) is 0 Å². The topological polar surface area (TPSA) is 69.5 Å². The molecule has 2 aliphatic rings. The van der Waals surface area contributed by atoms with E-state index in [1.807, 2.05) is 42.5 Å². The molecular weight excluding hydrogens is 468 g/mol. The van der Waals surface area contributed by atoms with Gasteiger partial charge in [-0.3, -0.25) is 0 Å². The third kappa shape index (κ3) is 6.16. The molecule has 2 saturated heterocycles. The summed E-state index contributed by atoms with van der Waals surface area (Å²) in [7, 11) is 0. The summed E-state index contributed by atoms with van der Waals surface area (Å²) in [6.07, 6.45) is 4.85. The normalized spacial score (nSPS) is 18.8. The second-order valence-electron chi connectivity index (χ2n) is 10.2. The molecule has 0 aliphatic carbocycles. The number of nitrogens with zero attached hydrogens (tertiary/aromatic N) is 4. The molecule has 0 bridgehead atoms. The summed E-state index contributed by atoms with van der Waals surface area (Å²) in [5.74, 6) is 5.60. The van der Waals surface area contributed by atoms with Crippen LogP contribution < -0.4 is 20.4 Å². The van der Waals surface area contributed by atoms with Gasteiger partial charge in [-0.15, -0.1) is 0 Å². The monoisotopic (exact) mass is 504 g/mol. The van der Waals surface area contributed by atoms with Crippen molar-refractivity contribution in [2.45, 2.75) is 46.1 Å². The first-order chi connectivity index (χ1) is 17.5. The minimum absolute atomic E-state index is 0.482. The van der Waals surface area contributed by atoms with Gasteiger partial charge in [0.1, 0.15) is 23.2 Å². The molecule has 2 fully saturated rings. The summed E-state index contributed by atoms with van der Waals surface area (Å²) in [5.41, 5.74) is 1.06. The predicted octanol–water partition coefficient (Wildman–Crippen LogP) is 5.70. The average Bonchev–Trinajstić information content (AvgIpc) is 3.37. The van der Waals surface area contributed by atoms with E-state index in [1.165, 1.54) is 25.7 Å². The Kier molecular flexibility index (Phi) is 7.70. The molecule has 5 rings (SSSR count). The van der Waals surface area contributed by atoms with Crippen LogP contribution in [0.2, 0.25) is 0 Å². The highest BCUT2D eigenvalue weighted by atomic mass is 32.1. The Morgan fingerprint density at radius 3 is 2.44 bits per heavy atom. The van der Waals surface area contributed by atoms with Crippen LogP contribution in [0.15, 0.2) is 52.9 Å². The van der Waals surface area contributed by atoms with Crippen LogP contribution in [0.1, 0.15) is 45.3 Å². The molecule has 3 aromatic rings. The molecular formula is C28H36N6OS. The van der Waals surface area contributed by atoms with E-state index < -0.39 is 0 Å². The number of aromatic nitrogens is 2. The molecule has 0 amide bonds. The number of rotatable bonds is 6. The Morgan fingerprint density at radius 2 is 1.69 bits per heavy atom. The van der Waals surface area contributed by atoms with E-state index in [0.717, 1.165) is 60.8 Å². The molecule has 0 radical (unpaired) electrons. The molecule has 1 atom stereocenters. The Morgan fingerprint density at radius 1 is 0.944 bits per heavy atom.